The van der Waals surface area contributed by atoms with Crippen LogP contribution in [-0.4, -0.2) is 49.6 Å². The van der Waals surface area contributed by atoms with Crippen LogP contribution in [0.4, 0.5) is 10.5 Å². The Morgan fingerprint density at radius 3 is 2.61 bits per heavy atom. The van der Waals surface area contributed by atoms with Gasteiger partial charge in [0, 0.05) is 30.6 Å². The number of carbonyl (C=O) groups excluding carboxylic acids is 2. The summed E-state index contributed by atoms with van der Waals surface area (Å²) in [6, 6.07) is 15.5. The topological polar surface area (TPSA) is 61.9 Å². The number of amides is 3. The molecule has 2 heterocycles. The van der Waals surface area contributed by atoms with Gasteiger partial charge < -0.3 is 15.0 Å². The number of piperidine rings is 1. The highest BCUT2D eigenvalue weighted by molar-refractivity contribution is 6.31. The van der Waals surface area contributed by atoms with Crippen LogP contribution in [0.2, 0.25) is 5.02 Å². The van der Waals surface area contributed by atoms with Gasteiger partial charge >= 0.3 is 6.03 Å². The van der Waals surface area contributed by atoms with E-state index in [1.165, 1.54) is 5.56 Å². The van der Waals surface area contributed by atoms with E-state index in [1.54, 1.807) is 23.1 Å². The molecule has 6 nitrogen and oxygen atoms in total. The Labute approximate surface area is 188 Å². The van der Waals surface area contributed by atoms with Gasteiger partial charge in [-0.15, -0.1) is 0 Å². The predicted molar refractivity (Wildman–Crippen MR) is 122 cm³/mol. The van der Waals surface area contributed by atoms with Gasteiger partial charge in [-0.1, -0.05) is 48.9 Å². The number of benzene rings is 2. The molecule has 1 fully saturated rings. The molecule has 2 aliphatic rings. The van der Waals surface area contributed by atoms with Crippen LogP contribution in [0.1, 0.15) is 31.2 Å². The molecule has 0 radical (unpaired) electrons. The smallest absolute Gasteiger partial charge is 0.324 e. The summed E-state index contributed by atoms with van der Waals surface area (Å²) in [6.45, 7) is 4.82. The van der Waals surface area contributed by atoms with E-state index in [0.717, 1.165) is 0 Å². The fourth-order valence-corrected chi connectivity index (χ4v) is 4.36. The minimum absolute atomic E-state index is 0.0524. The van der Waals surface area contributed by atoms with E-state index < -0.39 is 0 Å². The molecule has 1 saturated heterocycles. The molecule has 0 spiro atoms. The Bertz CT molecular complexity index is 929. The number of hydrogen-bond donors (Lipinski definition) is 1. The van der Waals surface area contributed by atoms with Crippen molar-refractivity contribution in [2.75, 3.05) is 37.7 Å². The average molecular weight is 442 g/mol. The summed E-state index contributed by atoms with van der Waals surface area (Å²) in [7, 11) is 0. The summed E-state index contributed by atoms with van der Waals surface area (Å²) < 4.78 is 5.65. The maximum absolute atomic E-state index is 13.1. The fraction of sp³-hybridized carbons (Fsp3) is 0.417. The minimum atomic E-state index is -0.0570. The predicted octanol–water partition coefficient (Wildman–Crippen LogP) is 4.29. The molecule has 0 aromatic heterocycles. The summed E-state index contributed by atoms with van der Waals surface area (Å²) >= 11 is 6.13. The van der Waals surface area contributed by atoms with Gasteiger partial charge in [-0.2, -0.15) is 0 Å². The fourth-order valence-electron chi connectivity index (χ4n) is 4.19. The average Bonchev–Trinajstić information content (AvgIpc) is 2.82. The number of likely N-dealkylation sites (tertiary alicyclic amines) is 1. The third-order valence-corrected chi connectivity index (χ3v) is 6.34. The van der Waals surface area contributed by atoms with Gasteiger partial charge in [-0.25, -0.2) is 4.79 Å². The van der Waals surface area contributed by atoms with Crippen molar-refractivity contribution in [1.82, 2.24) is 10.2 Å². The van der Waals surface area contributed by atoms with Crippen LogP contribution < -0.4 is 15.0 Å². The van der Waals surface area contributed by atoms with E-state index in [-0.39, 0.29) is 23.8 Å². The maximum atomic E-state index is 13.1. The molecule has 2 aromatic rings. The van der Waals surface area contributed by atoms with E-state index in [9.17, 15) is 9.59 Å². The number of halogens is 1. The van der Waals surface area contributed by atoms with Crippen molar-refractivity contribution in [3.05, 3.63) is 59.1 Å². The summed E-state index contributed by atoms with van der Waals surface area (Å²) in [5.41, 5.74) is 1.92. The van der Waals surface area contributed by atoms with Gasteiger partial charge in [0.25, 0.3) is 0 Å². The molecule has 31 heavy (non-hydrogen) atoms. The first-order valence-electron chi connectivity index (χ1n) is 10.8. The van der Waals surface area contributed by atoms with E-state index in [2.05, 4.69) is 24.4 Å². The molecule has 164 valence electrons. The molecule has 1 atom stereocenters. The molecule has 0 bridgehead atoms. The molecule has 2 aromatic carbocycles. The SMILES string of the molecule is C[C@@H](CNC(=O)C1CCN(C(=O)N2CCOc3ccc(Cl)cc32)CC1)c1ccccc1. The van der Waals surface area contributed by atoms with Crippen LogP contribution in [0.3, 0.4) is 0 Å². The lowest BCUT2D eigenvalue weighted by Gasteiger charge is -2.37. The molecule has 0 aliphatic carbocycles. The molecular formula is C24H28ClN3O3. The van der Waals surface area contributed by atoms with Gasteiger partial charge in [0.05, 0.1) is 12.2 Å². The van der Waals surface area contributed by atoms with Crippen molar-refractivity contribution in [3.63, 3.8) is 0 Å². The standard InChI is InChI=1S/C24H28ClN3O3/c1-17(18-5-3-2-4-6-18)16-26-23(29)19-9-11-27(12-10-19)24(30)28-13-14-31-22-8-7-20(25)15-21(22)28/h2-8,15,17,19H,9-14,16H2,1H3,(H,26,29)/t17-/m0/s1. The second kappa shape index (κ2) is 9.60. The van der Waals surface area contributed by atoms with Gasteiger partial charge in [-0.05, 0) is 42.5 Å². The molecule has 3 amide bonds. The highest BCUT2D eigenvalue weighted by Gasteiger charge is 2.32. The zero-order valence-corrected chi connectivity index (χ0v) is 18.5. The van der Waals surface area contributed by atoms with Crippen LogP contribution in [0, 0.1) is 5.92 Å². The Kier molecular flexibility index (Phi) is 6.66. The highest BCUT2D eigenvalue weighted by atomic mass is 35.5. The molecular weight excluding hydrogens is 414 g/mol. The number of nitrogens with zero attached hydrogens (tertiary/aromatic N) is 2. The lowest BCUT2D eigenvalue weighted by Crippen LogP contribution is -2.50. The number of anilines is 1. The largest absolute Gasteiger partial charge is 0.490 e. The van der Waals surface area contributed by atoms with Crippen LogP contribution in [-0.2, 0) is 4.79 Å². The number of fused-ring (bicyclic) bond motifs is 1. The zero-order chi connectivity index (χ0) is 21.8. The van der Waals surface area contributed by atoms with Crippen molar-refractivity contribution in [3.8, 4) is 5.75 Å². The Hall–Kier alpha value is -2.73. The van der Waals surface area contributed by atoms with Gasteiger partial charge in [0.1, 0.15) is 12.4 Å². The summed E-state index contributed by atoms with van der Waals surface area (Å²) in [4.78, 5) is 29.3. The Morgan fingerprint density at radius 2 is 1.87 bits per heavy atom. The first-order chi connectivity index (χ1) is 15.0. The first kappa shape index (κ1) is 21.5. The molecule has 0 unspecified atom stereocenters. The molecule has 1 N–H and O–H groups in total. The van der Waals surface area contributed by atoms with Crippen molar-refractivity contribution < 1.29 is 14.3 Å². The second-order valence-corrected chi connectivity index (χ2v) is 8.65. The monoisotopic (exact) mass is 441 g/mol. The second-order valence-electron chi connectivity index (χ2n) is 8.21. The normalized spacial score (nSPS) is 17.5. The lowest BCUT2D eigenvalue weighted by molar-refractivity contribution is -0.126. The van der Waals surface area contributed by atoms with Crippen molar-refractivity contribution in [1.29, 1.82) is 0 Å². The van der Waals surface area contributed by atoms with Gasteiger partial charge in [0.2, 0.25) is 5.91 Å². The number of urea groups is 1. The zero-order valence-electron chi connectivity index (χ0n) is 17.7. The van der Waals surface area contributed by atoms with Crippen molar-refractivity contribution >= 4 is 29.2 Å². The quantitative estimate of drug-likeness (QED) is 0.769. The van der Waals surface area contributed by atoms with Gasteiger partial charge in [-0.3, -0.25) is 9.69 Å². The number of nitrogens with one attached hydrogen (secondary N) is 1. The van der Waals surface area contributed by atoms with Crippen LogP contribution in [0.15, 0.2) is 48.5 Å². The van der Waals surface area contributed by atoms with E-state index >= 15 is 0 Å². The summed E-state index contributed by atoms with van der Waals surface area (Å²) in [5.74, 6) is 0.961. The minimum Gasteiger partial charge on any atom is -0.490 e. The van der Waals surface area contributed by atoms with E-state index in [1.807, 2.05) is 23.1 Å². The molecule has 0 saturated carbocycles. The molecule has 2 aliphatic heterocycles. The van der Waals surface area contributed by atoms with Gasteiger partial charge in [0.15, 0.2) is 0 Å². The number of carbonyl (C=O) groups is 2. The number of rotatable bonds is 4. The Balaban J connectivity index is 1.29. The van der Waals surface area contributed by atoms with E-state index in [0.29, 0.717) is 62.1 Å². The first-order valence-corrected chi connectivity index (χ1v) is 11.2. The van der Waals surface area contributed by atoms with Crippen LogP contribution >= 0.6 is 11.6 Å². The highest BCUT2D eigenvalue weighted by Crippen LogP contribution is 2.35. The van der Waals surface area contributed by atoms with Crippen LogP contribution in [0.25, 0.3) is 0 Å². The molecule has 4 rings (SSSR count). The third kappa shape index (κ3) is 4.96. The third-order valence-electron chi connectivity index (χ3n) is 6.10. The van der Waals surface area contributed by atoms with E-state index in [4.69, 9.17) is 16.3 Å². The van der Waals surface area contributed by atoms with Crippen molar-refractivity contribution in [2.24, 2.45) is 5.92 Å². The molecule has 7 heteroatoms. The van der Waals surface area contributed by atoms with Crippen LogP contribution in [0.5, 0.6) is 5.75 Å². The lowest BCUT2D eigenvalue weighted by atomic mass is 9.95. The Morgan fingerprint density at radius 1 is 1.13 bits per heavy atom. The maximum Gasteiger partial charge on any atom is 0.324 e. The summed E-state index contributed by atoms with van der Waals surface area (Å²) in [6.07, 6.45) is 1.34. The van der Waals surface area contributed by atoms with Crippen molar-refractivity contribution in [2.45, 2.75) is 25.7 Å². The summed E-state index contributed by atoms with van der Waals surface area (Å²) in [5, 5.41) is 3.66. The number of hydrogen-bond acceptors (Lipinski definition) is 3. The number of ether oxygens (including phenoxy) is 1.